The normalized spacial score (nSPS) is 19.9. The van der Waals surface area contributed by atoms with Crippen molar-refractivity contribution in [3.63, 3.8) is 0 Å². The van der Waals surface area contributed by atoms with Gasteiger partial charge in [0.15, 0.2) is 0 Å². The smallest absolute Gasteiger partial charge is 0.308 e. The topological polar surface area (TPSA) is 62.7 Å². The molecule has 1 aromatic carbocycles. The molecule has 5 nitrogen and oxygen atoms in total. The average molecular weight is 507 g/mol. The van der Waals surface area contributed by atoms with E-state index in [4.69, 9.17) is 4.74 Å². The number of halogens is 2. The Morgan fingerprint density at radius 2 is 2.26 bits per heavy atom. The Hall–Kier alpha value is -2.23. The van der Waals surface area contributed by atoms with Gasteiger partial charge in [-0.3, -0.25) is 9.78 Å². The quantitative estimate of drug-likeness (QED) is 0.338. The molecule has 0 amide bonds. The van der Waals surface area contributed by atoms with Gasteiger partial charge in [-0.05, 0) is 61.4 Å². The molecular weight excluding hydrogens is 478 g/mol. The predicted molar refractivity (Wildman–Crippen MR) is 132 cm³/mol. The summed E-state index contributed by atoms with van der Waals surface area (Å²) in [7, 11) is 1.50. The van der Waals surface area contributed by atoms with Crippen molar-refractivity contribution in [1.29, 1.82) is 0 Å². The monoisotopic (exact) mass is 506 g/mol. The molecule has 1 aliphatic heterocycles. The number of fused-ring (bicyclic) bond motifs is 1. The maximum atomic E-state index is 15.4. The van der Waals surface area contributed by atoms with Gasteiger partial charge in [0.25, 0.3) is 0 Å². The van der Waals surface area contributed by atoms with E-state index in [1.54, 1.807) is 41.3 Å². The number of thioether (sulfide) groups is 1. The SMILES string of the molecule is COc1ccc2ncc(F)c(C(F)CCC3CCN(CCSc4cccs4)CC3C(=O)O)c2c1. The molecular formula is C25H28F2N2O3S2. The van der Waals surface area contributed by atoms with E-state index in [-0.39, 0.29) is 17.9 Å². The number of hydrogen-bond donors (Lipinski definition) is 1. The van der Waals surface area contributed by atoms with E-state index < -0.39 is 23.9 Å². The van der Waals surface area contributed by atoms with E-state index >= 15 is 4.39 Å². The van der Waals surface area contributed by atoms with E-state index in [1.165, 1.54) is 11.3 Å². The Morgan fingerprint density at radius 3 is 3.00 bits per heavy atom. The van der Waals surface area contributed by atoms with Crippen LogP contribution in [0.25, 0.3) is 10.9 Å². The van der Waals surface area contributed by atoms with Gasteiger partial charge in [0.2, 0.25) is 0 Å². The number of carboxylic acids is 1. The van der Waals surface area contributed by atoms with Crippen LogP contribution in [0, 0.1) is 17.7 Å². The lowest BCUT2D eigenvalue weighted by molar-refractivity contribution is -0.146. The molecule has 1 aliphatic rings. The number of hydrogen-bond acceptors (Lipinski definition) is 6. The van der Waals surface area contributed by atoms with Crippen LogP contribution < -0.4 is 4.74 Å². The van der Waals surface area contributed by atoms with Crippen molar-refractivity contribution in [3.05, 3.63) is 53.3 Å². The zero-order valence-electron chi connectivity index (χ0n) is 19.0. The number of benzene rings is 1. The van der Waals surface area contributed by atoms with Crippen LogP contribution >= 0.6 is 23.1 Å². The number of likely N-dealkylation sites (tertiary alicyclic amines) is 1. The largest absolute Gasteiger partial charge is 0.497 e. The maximum absolute atomic E-state index is 15.4. The number of alkyl halides is 1. The summed E-state index contributed by atoms with van der Waals surface area (Å²) in [4.78, 5) is 18.2. The zero-order chi connectivity index (χ0) is 24.1. The van der Waals surface area contributed by atoms with Crippen LogP contribution in [0.2, 0.25) is 0 Å². The van der Waals surface area contributed by atoms with Gasteiger partial charge in [-0.2, -0.15) is 0 Å². The Bertz CT molecular complexity index is 1110. The molecule has 1 saturated heterocycles. The maximum Gasteiger partial charge on any atom is 0.308 e. The van der Waals surface area contributed by atoms with Gasteiger partial charge >= 0.3 is 5.97 Å². The van der Waals surface area contributed by atoms with Crippen LogP contribution in [0.1, 0.15) is 31.0 Å². The molecule has 1 N–H and O–H groups in total. The highest BCUT2D eigenvalue weighted by molar-refractivity contribution is 8.01. The lowest BCUT2D eigenvalue weighted by Crippen LogP contribution is -2.44. The highest BCUT2D eigenvalue weighted by atomic mass is 32.2. The second-order valence-corrected chi connectivity index (χ2v) is 10.9. The van der Waals surface area contributed by atoms with Gasteiger partial charge < -0.3 is 14.7 Å². The number of thiophene rings is 1. The molecule has 4 rings (SSSR count). The Labute approximate surface area is 206 Å². The summed E-state index contributed by atoms with van der Waals surface area (Å²) in [6.45, 7) is 2.08. The van der Waals surface area contributed by atoms with Crippen LogP contribution in [0.3, 0.4) is 0 Å². The summed E-state index contributed by atoms with van der Waals surface area (Å²) in [5.74, 6) is -0.817. The summed E-state index contributed by atoms with van der Waals surface area (Å²) in [5.41, 5.74) is 0.468. The fraction of sp³-hybridized carbons (Fsp3) is 0.440. The van der Waals surface area contributed by atoms with Crippen LogP contribution in [0.4, 0.5) is 8.78 Å². The minimum Gasteiger partial charge on any atom is -0.497 e. The molecule has 3 atom stereocenters. The van der Waals surface area contributed by atoms with Crippen molar-refractivity contribution in [3.8, 4) is 5.75 Å². The minimum absolute atomic E-state index is 0.0289. The molecule has 0 saturated carbocycles. The van der Waals surface area contributed by atoms with Crippen LogP contribution in [0.15, 0.2) is 46.1 Å². The molecule has 0 spiro atoms. The van der Waals surface area contributed by atoms with Gasteiger partial charge in [-0.25, -0.2) is 8.78 Å². The number of piperidine rings is 1. The van der Waals surface area contributed by atoms with Crippen molar-refractivity contribution in [2.75, 3.05) is 32.5 Å². The zero-order valence-corrected chi connectivity index (χ0v) is 20.6. The standard InChI is InChI=1S/C25H28F2N2O3S2/c1-32-17-5-7-22-18(13-17)24(21(27)14-28-22)20(26)6-4-16-8-9-29(15-19(16)25(30)31)10-12-34-23-3-2-11-33-23/h2-3,5,7,11,13-14,16,19-20H,4,6,8-10,12,15H2,1H3,(H,30,31). The summed E-state index contributed by atoms with van der Waals surface area (Å²) < 4.78 is 36.4. The van der Waals surface area contributed by atoms with Gasteiger partial charge in [-0.1, -0.05) is 6.07 Å². The molecule has 182 valence electrons. The number of aliphatic carboxylic acids is 1. The molecule has 3 heterocycles. The number of nitrogens with zero attached hydrogens (tertiary/aromatic N) is 2. The van der Waals surface area contributed by atoms with Gasteiger partial charge in [-0.15, -0.1) is 23.1 Å². The predicted octanol–water partition coefficient (Wildman–Crippen LogP) is 6.05. The fourth-order valence-corrected chi connectivity index (χ4v) is 6.50. The third kappa shape index (κ3) is 5.87. The molecule has 1 fully saturated rings. The van der Waals surface area contributed by atoms with Crippen LogP contribution in [-0.4, -0.2) is 53.5 Å². The van der Waals surface area contributed by atoms with E-state index in [9.17, 15) is 14.3 Å². The Balaban J connectivity index is 1.38. The number of carboxylic acid groups (broad SMARTS) is 1. The minimum atomic E-state index is -1.55. The first-order chi connectivity index (χ1) is 16.5. The molecule has 2 aromatic heterocycles. The Kier molecular flexibility index (Phi) is 8.39. The van der Waals surface area contributed by atoms with Crippen molar-refractivity contribution < 1.29 is 23.4 Å². The average Bonchev–Trinajstić information content (AvgIpc) is 3.36. The number of carbonyl (C=O) groups is 1. The number of ether oxygens (including phenoxy) is 1. The molecule has 3 aromatic rings. The summed E-state index contributed by atoms with van der Waals surface area (Å²) in [6, 6.07) is 9.08. The second kappa shape index (κ2) is 11.5. The third-order valence-corrected chi connectivity index (χ3v) is 8.59. The highest BCUT2D eigenvalue weighted by Crippen LogP contribution is 2.37. The van der Waals surface area contributed by atoms with Gasteiger partial charge in [0, 0.05) is 29.8 Å². The third-order valence-electron chi connectivity index (χ3n) is 6.48. The number of rotatable bonds is 10. The second-order valence-electron chi connectivity index (χ2n) is 8.52. The van der Waals surface area contributed by atoms with Crippen molar-refractivity contribution >= 4 is 40.0 Å². The first kappa shape index (κ1) is 24.9. The van der Waals surface area contributed by atoms with Crippen molar-refractivity contribution in [2.24, 2.45) is 11.8 Å². The molecule has 3 unspecified atom stereocenters. The first-order valence-corrected chi connectivity index (χ1v) is 13.2. The fourth-order valence-electron chi connectivity index (χ4n) is 4.64. The van der Waals surface area contributed by atoms with Crippen LogP contribution in [0.5, 0.6) is 5.75 Å². The molecule has 0 aliphatic carbocycles. The molecule has 9 heteroatoms. The van der Waals surface area contributed by atoms with Gasteiger partial charge in [0.05, 0.1) is 29.0 Å². The van der Waals surface area contributed by atoms with Crippen molar-refractivity contribution in [2.45, 2.75) is 29.6 Å². The molecule has 0 bridgehead atoms. The number of methoxy groups -OCH3 is 1. The highest BCUT2D eigenvalue weighted by Gasteiger charge is 2.34. The van der Waals surface area contributed by atoms with E-state index in [1.807, 2.05) is 11.4 Å². The summed E-state index contributed by atoms with van der Waals surface area (Å²) in [6.07, 6.45) is 0.649. The molecule has 0 radical (unpaired) electrons. The lowest BCUT2D eigenvalue weighted by atomic mass is 9.81. The van der Waals surface area contributed by atoms with Crippen LogP contribution in [-0.2, 0) is 4.79 Å². The van der Waals surface area contributed by atoms with Crippen molar-refractivity contribution in [1.82, 2.24) is 9.88 Å². The van der Waals surface area contributed by atoms with E-state index in [0.29, 0.717) is 36.0 Å². The number of aromatic nitrogens is 1. The Morgan fingerprint density at radius 1 is 1.41 bits per heavy atom. The summed E-state index contributed by atoms with van der Waals surface area (Å²) in [5, 5.41) is 12.3. The number of pyridine rings is 1. The lowest BCUT2D eigenvalue weighted by Gasteiger charge is -2.36. The summed E-state index contributed by atoms with van der Waals surface area (Å²) >= 11 is 3.48. The van der Waals surface area contributed by atoms with Gasteiger partial charge in [0.1, 0.15) is 17.7 Å². The molecule has 34 heavy (non-hydrogen) atoms. The first-order valence-electron chi connectivity index (χ1n) is 11.3. The van der Waals surface area contributed by atoms with E-state index in [2.05, 4.69) is 16.0 Å². The van der Waals surface area contributed by atoms with E-state index in [0.717, 1.165) is 25.0 Å².